The van der Waals surface area contributed by atoms with Gasteiger partial charge in [-0.05, 0) is 6.07 Å². The molecule has 0 aromatic carbocycles. The van der Waals surface area contributed by atoms with Gasteiger partial charge in [-0.1, -0.05) is 0 Å². The van der Waals surface area contributed by atoms with E-state index < -0.39 is 5.91 Å². The van der Waals surface area contributed by atoms with Crippen molar-refractivity contribution in [3.05, 3.63) is 52.7 Å². The van der Waals surface area contributed by atoms with Crippen LogP contribution in [-0.4, -0.2) is 20.9 Å². The Balaban J connectivity index is 2.22. The van der Waals surface area contributed by atoms with E-state index in [2.05, 4.69) is 20.3 Å². The number of hydrogen-bond donors (Lipinski definition) is 2. The molecule has 6 heteroatoms. The third-order valence-corrected chi connectivity index (χ3v) is 1.86. The van der Waals surface area contributed by atoms with Gasteiger partial charge in [-0.15, -0.1) is 0 Å². The van der Waals surface area contributed by atoms with Crippen molar-refractivity contribution in [1.82, 2.24) is 15.0 Å². The summed E-state index contributed by atoms with van der Waals surface area (Å²) in [5.41, 5.74) is -0.331. The molecule has 0 aliphatic heterocycles. The Hall–Kier alpha value is -2.50. The maximum Gasteiger partial charge on any atom is 0.263 e. The smallest absolute Gasteiger partial charge is 0.263 e. The van der Waals surface area contributed by atoms with E-state index in [1.165, 1.54) is 30.9 Å². The molecule has 2 aromatic rings. The second kappa shape index (κ2) is 4.35. The number of carbonyl (C=O) groups excluding carboxylic acids is 1. The number of pyridine rings is 1. The van der Waals surface area contributed by atoms with Gasteiger partial charge in [0.2, 0.25) is 5.95 Å². The number of aromatic nitrogens is 3. The fourth-order valence-electron chi connectivity index (χ4n) is 1.13. The maximum absolute atomic E-state index is 11.6. The highest BCUT2D eigenvalue weighted by Crippen LogP contribution is 1.97. The first-order chi connectivity index (χ1) is 7.77. The molecule has 6 nitrogen and oxygen atoms in total. The van der Waals surface area contributed by atoms with Gasteiger partial charge in [-0.3, -0.25) is 14.9 Å². The molecule has 1 amide bonds. The minimum atomic E-state index is -0.534. The van der Waals surface area contributed by atoms with Crippen LogP contribution in [0.25, 0.3) is 0 Å². The van der Waals surface area contributed by atoms with Crippen molar-refractivity contribution in [2.24, 2.45) is 0 Å². The molecule has 0 fully saturated rings. The van der Waals surface area contributed by atoms with Gasteiger partial charge in [0.25, 0.3) is 5.91 Å². The topological polar surface area (TPSA) is 87.7 Å². The Kier molecular flexibility index (Phi) is 2.73. The van der Waals surface area contributed by atoms with Gasteiger partial charge < -0.3 is 4.98 Å². The van der Waals surface area contributed by atoms with Crippen LogP contribution in [0.4, 0.5) is 5.95 Å². The Morgan fingerprint density at radius 2 is 2.06 bits per heavy atom. The molecule has 16 heavy (non-hydrogen) atoms. The Morgan fingerprint density at radius 3 is 2.75 bits per heavy atom. The predicted octanol–water partition coefficient (Wildman–Crippen LogP) is 0.417. The van der Waals surface area contributed by atoms with Crippen molar-refractivity contribution in [2.45, 2.75) is 0 Å². The van der Waals surface area contributed by atoms with Crippen LogP contribution in [-0.2, 0) is 0 Å². The fraction of sp³-hybridized carbons (Fsp3) is 0. The lowest BCUT2D eigenvalue weighted by molar-refractivity contribution is 0.102. The third-order valence-electron chi connectivity index (χ3n) is 1.86. The summed E-state index contributed by atoms with van der Waals surface area (Å²) in [6.07, 6.45) is 5.79. The summed E-state index contributed by atoms with van der Waals surface area (Å²) in [5.74, 6) is -0.371. The van der Waals surface area contributed by atoms with Crippen molar-refractivity contribution in [3.63, 3.8) is 0 Å². The highest BCUT2D eigenvalue weighted by molar-refractivity contribution is 6.02. The largest absolute Gasteiger partial charge is 0.367 e. The average molecular weight is 216 g/mol. The van der Waals surface area contributed by atoms with E-state index in [-0.39, 0.29) is 16.9 Å². The summed E-state index contributed by atoms with van der Waals surface area (Å²) in [7, 11) is 0. The van der Waals surface area contributed by atoms with Gasteiger partial charge in [0.05, 0.1) is 0 Å². The van der Waals surface area contributed by atoms with Crippen LogP contribution in [0.5, 0.6) is 0 Å². The first-order valence-electron chi connectivity index (χ1n) is 4.53. The summed E-state index contributed by atoms with van der Waals surface area (Å²) < 4.78 is 0. The summed E-state index contributed by atoms with van der Waals surface area (Å²) in [6, 6.07) is 2.91. The number of hydrogen-bond acceptors (Lipinski definition) is 4. The van der Waals surface area contributed by atoms with Crippen molar-refractivity contribution in [1.29, 1.82) is 0 Å². The number of carbonyl (C=O) groups is 1. The van der Waals surface area contributed by atoms with E-state index in [9.17, 15) is 9.59 Å². The molecule has 2 N–H and O–H groups in total. The van der Waals surface area contributed by atoms with Crippen LogP contribution < -0.4 is 10.7 Å². The van der Waals surface area contributed by atoms with Crippen LogP contribution >= 0.6 is 0 Å². The van der Waals surface area contributed by atoms with E-state index >= 15 is 0 Å². The number of H-pyrrole nitrogens is 1. The molecule has 0 saturated carbocycles. The highest BCUT2D eigenvalue weighted by atomic mass is 16.2. The Bertz CT molecular complexity index is 550. The summed E-state index contributed by atoms with van der Waals surface area (Å²) >= 11 is 0. The quantitative estimate of drug-likeness (QED) is 0.761. The second-order valence-corrected chi connectivity index (χ2v) is 2.95. The molecule has 80 valence electrons. The van der Waals surface area contributed by atoms with Gasteiger partial charge in [0, 0.05) is 30.9 Å². The van der Waals surface area contributed by atoms with Gasteiger partial charge in [0.1, 0.15) is 5.56 Å². The van der Waals surface area contributed by atoms with Crippen molar-refractivity contribution in [2.75, 3.05) is 5.32 Å². The molecule has 0 unspecified atom stereocenters. The van der Waals surface area contributed by atoms with Crippen LogP contribution in [0.3, 0.4) is 0 Å². The standard InChI is InChI=1S/C10H8N4O2/c15-8-2-5-11-6-7(8)9(16)14-10-12-3-1-4-13-10/h1-6H,(H,11,15)(H,12,13,14,16). The second-order valence-electron chi connectivity index (χ2n) is 2.95. The van der Waals surface area contributed by atoms with E-state index in [0.717, 1.165) is 0 Å². The lowest BCUT2D eigenvalue weighted by atomic mass is 10.2. The average Bonchev–Trinajstić information content (AvgIpc) is 2.31. The van der Waals surface area contributed by atoms with Crippen molar-refractivity contribution >= 4 is 11.9 Å². The summed E-state index contributed by atoms with van der Waals surface area (Å²) in [6.45, 7) is 0. The lowest BCUT2D eigenvalue weighted by Crippen LogP contribution is -2.21. The zero-order valence-corrected chi connectivity index (χ0v) is 8.18. The maximum atomic E-state index is 11.6. The molecule has 0 aliphatic rings. The number of nitrogens with zero attached hydrogens (tertiary/aromatic N) is 2. The number of aromatic amines is 1. The molecule has 2 aromatic heterocycles. The predicted molar refractivity (Wildman–Crippen MR) is 57.0 cm³/mol. The number of amides is 1. The van der Waals surface area contributed by atoms with Gasteiger partial charge in [-0.2, -0.15) is 0 Å². The molecule has 0 saturated heterocycles. The molecule has 0 spiro atoms. The highest BCUT2D eigenvalue weighted by Gasteiger charge is 2.10. The molecule has 0 radical (unpaired) electrons. The van der Waals surface area contributed by atoms with E-state index in [1.54, 1.807) is 6.07 Å². The minimum Gasteiger partial charge on any atom is -0.367 e. The Morgan fingerprint density at radius 1 is 1.31 bits per heavy atom. The monoisotopic (exact) mass is 216 g/mol. The van der Waals surface area contributed by atoms with Crippen molar-refractivity contribution < 1.29 is 4.79 Å². The normalized spacial score (nSPS) is 9.75. The minimum absolute atomic E-state index is 0.0231. The molecular weight excluding hydrogens is 208 g/mol. The number of rotatable bonds is 2. The summed E-state index contributed by atoms with van der Waals surface area (Å²) in [5, 5.41) is 2.42. The van der Waals surface area contributed by atoms with Crippen LogP contribution in [0.1, 0.15) is 10.4 Å². The molecule has 0 aliphatic carbocycles. The first-order valence-corrected chi connectivity index (χ1v) is 4.53. The molecule has 0 atom stereocenters. The lowest BCUT2D eigenvalue weighted by Gasteiger charge is -2.01. The third kappa shape index (κ3) is 2.11. The van der Waals surface area contributed by atoms with Crippen LogP contribution in [0.15, 0.2) is 41.7 Å². The van der Waals surface area contributed by atoms with E-state index in [0.29, 0.717) is 0 Å². The molecule has 2 heterocycles. The molecular formula is C10H8N4O2. The van der Waals surface area contributed by atoms with Gasteiger partial charge in [0.15, 0.2) is 5.43 Å². The van der Waals surface area contributed by atoms with Gasteiger partial charge >= 0.3 is 0 Å². The van der Waals surface area contributed by atoms with Crippen LogP contribution in [0.2, 0.25) is 0 Å². The fourth-order valence-corrected chi connectivity index (χ4v) is 1.13. The van der Waals surface area contributed by atoms with E-state index in [1.807, 2.05) is 0 Å². The van der Waals surface area contributed by atoms with Crippen LogP contribution in [0, 0.1) is 0 Å². The Labute approximate surface area is 90.4 Å². The van der Waals surface area contributed by atoms with E-state index in [4.69, 9.17) is 0 Å². The number of nitrogens with one attached hydrogen (secondary N) is 2. The molecule has 2 rings (SSSR count). The zero-order valence-electron chi connectivity index (χ0n) is 8.18. The van der Waals surface area contributed by atoms with Gasteiger partial charge in [-0.25, -0.2) is 9.97 Å². The SMILES string of the molecule is O=C(Nc1ncccn1)c1c[nH]ccc1=O. The number of anilines is 1. The zero-order chi connectivity index (χ0) is 11.4. The first kappa shape index (κ1) is 10.0. The molecule has 0 bridgehead atoms. The van der Waals surface area contributed by atoms with Crippen molar-refractivity contribution in [3.8, 4) is 0 Å². The summed E-state index contributed by atoms with van der Waals surface area (Å²) in [4.78, 5) is 33.3.